The van der Waals surface area contributed by atoms with Gasteiger partial charge in [-0.15, -0.1) is 0 Å². The van der Waals surface area contributed by atoms with Gasteiger partial charge < -0.3 is 10.6 Å². The number of carbonyl (C=O) groups is 1. The number of benzene rings is 1. The molecule has 1 fully saturated rings. The van der Waals surface area contributed by atoms with Crippen LogP contribution in [0.2, 0.25) is 0 Å². The summed E-state index contributed by atoms with van der Waals surface area (Å²) < 4.78 is 0. The Hall–Kier alpha value is -1.00. The van der Waals surface area contributed by atoms with Crippen molar-refractivity contribution in [3.05, 3.63) is 35.9 Å². The highest BCUT2D eigenvalue weighted by Gasteiger charge is 2.32. The molecule has 122 valence electrons. The molecule has 1 aliphatic heterocycles. The van der Waals surface area contributed by atoms with Gasteiger partial charge in [-0.25, -0.2) is 0 Å². The predicted octanol–water partition coefficient (Wildman–Crippen LogP) is 3.11. The molecule has 3 atom stereocenters. The fourth-order valence-electron chi connectivity index (χ4n) is 3.39. The average molecular weight is 321 g/mol. The molecule has 2 rings (SSSR count). The number of thioether (sulfide) groups is 1. The van der Waals surface area contributed by atoms with Crippen molar-refractivity contribution in [2.75, 3.05) is 25.1 Å². The summed E-state index contributed by atoms with van der Waals surface area (Å²) in [5.74, 6) is 2.19. The van der Waals surface area contributed by atoms with Crippen LogP contribution in [0.1, 0.15) is 37.7 Å². The largest absolute Gasteiger partial charge is 0.341 e. The van der Waals surface area contributed by atoms with Crippen molar-refractivity contribution < 1.29 is 4.79 Å². The molecule has 1 aromatic carbocycles. The van der Waals surface area contributed by atoms with Crippen molar-refractivity contribution in [2.45, 2.75) is 38.1 Å². The van der Waals surface area contributed by atoms with E-state index in [0.29, 0.717) is 11.8 Å². The van der Waals surface area contributed by atoms with Crippen molar-refractivity contribution in [1.29, 1.82) is 0 Å². The Labute approximate surface area is 138 Å². The number of carbonyl (C=O) groups excluding carboxylic acids is 1. The van der Waals surface area contributed by atoms with Gasteiger partial charge in [-0.2, -0.15) is 11.8 Å². The third kappa shape index (κ3) is 4.26. The summed E-state index contributed by atoms with van der Waals surface area (Å²) in [5, 5.41) is 0. The zero-order valence-corrected chi connectivity index (χ0v) is 14.5. The summed E-state index contributed by atoms with van der Waals surface area (Å²) in [4.78, 5) is 14.5. The molecule has 2 N–H and O–H groups in total. The van der Waals surface area contributed by atoms with Gasteiger partial charge in [0.1, 0.15) is 0 Å². The topological polar surface area (TPSA) is 46.3 Å². The number of hydrogen-bond acceptors (Lipinski definition) is 3. The van der Waals surface area contributed by atoms with Crippen LogP contribution in [-0.4, -0.2) is 41.9 Å². The van der Waals surface area contributed by atoms with E-state index in [1.165, 1.54) is 5.56 Å². The number of piperidine rings is 1. The van der Waals surface area contributed by atoms with Crippen LogP contribution in [-0.2, 0) is 4.79 Å². The molecule has 22 heavy (non-hydrogen) atoms. The van der Waals surface area contributed by atoms with Crippen LogP contribution in [0.5, 0.6) is 0 Å². The first-order valence-electron chi connectivity index (χ1n) is 8.25. The molecule has 1 aromatic rings. The van der Waals surface area contributed by atoms with Gasteiger partial charge >= 0.3 is 0 Å². The number of nitrogens with two attached hydrogens (primary N) is 1. The van der Waals surface area contributed by atoms with Gasteiger partial charge in [-0.1, -0.05) is 43.7 Å². The molecule has 1 amide bonds. The third-order valence-electron chi connectivity index (χ3n) is 4.75. The van der Waals surface area contributed by atoms with E-state index in [2.05, 4.69) is 43.5 Å². The highest BCUT2D eigenvalue weighted by molar-refractivity contribution is 7.98. The normalized spacial score (nSPS) is 23.3. The highest BCUT2D eigenvalue weighted by atomic mass is 32.2. The number of amides is 1. The Kier molecular flexibility index (Phi) is 6.77. The molecule has 1 saturated heterocycles. The summed E-state index contributed by atoms with van der Waals surface area (Å²) in [6.07, 6.45) is 4.97. The fraction of sp³-hybridized carbons (Fsp3) is 0.611. The molecule has 1 aliphatic rings. The van der Waals surface area contributed by atoms with Crippen molar-refractivity contribution in [1.82, 2.24) is 4.90 Å². The first kappa shape index (κ1) is 17.4. The van der Waals surface area contributed by atoms with E-state index in [4.69, 9.17) is 5.73 Å². The smallest absolute Gasteiger partial charge is 0.239 e. The summed E-state index contributed by atoms with van der Waals surface area (Å²) in [6.45, 7) is 3.91. The quantitative estimate of drug-likeness (QED) is 0.876. The lowest BCUT2D eigenvalue weighted by Gasteiger charge is -2.39. The molecule has 0 unspecified atom stereocenters. The van der Waals surface area contributed by atoms with E-state index in [1.807, 2.05) is 4.90 Å². The van der Waals surface area contributed by atoms with Gasteiger partial charge in [0.25, 0.3) is 0 Å². The maximum atomic E-state index is 12.5. The maximum absolute atomic E-state index is 12.5. The zero-order valence-electron chi connectivity index (χ0n) is 13.7. The monoisotopic (exact) mass is 320 g/mol. The molecule has 0 aromatic heterocycles. The van der Waals surface area contributed by atoms with Gasteiger partial charge in [-0.05, 0) is 42.2 Å². The number of likely N-dealkylation sites (tertiary alicyclic amines) is 1. The molecule has 0 bridgehead atoms. The van der Waals surface area contributed by atoms with Gasteiger partial charge in [0, 0.05) is 13.1 Å². The Bertz CT molecular complexity index is 465. The lowest BCUT2D eigenvalue weighted by atomic mass is 9.79. The van der Waals surface area contributed by atoms with E-state index >= 15 is 0 Å². The summed E-state index contributed by atoms with van der Waals surface area (Å²) in [6, 6.07) is 10.4. The standard InChI is InChI=1S/C18H28N2OS/c1-3-14-13-20(18(21)17(19)10-12-22-2)11-9-16(14)15-7-5-4-6-8-15/h4-8,14,16-17H,3,9-13,19H2,1-2H3/t14-,16-,17+/m1/s1. The summed E-state index contributed by atoms with van der Waals surface area (Å²) >= 11 is 1.75. The van der Waals surface area contributed by atoms with Gasteiger partial charge in [0.05, 0.1) is 6.04 Å². The Morgan fingerprint density at radius 2 is 2.14 bits per heavy atom. The zero-order chi connectivity index (χ0) is 15.9. The highest BCUT2D eigenvalue weighted by Crippen LogP contribution is 2.35. The number of rotatable bonds is 6. The van der Waals surface area contributed by atoms with Crippen LogP contribution < -0.4 is 5.73 Å². The third-order valence-corrected chi connectivity index (χ3v) is 5.39. The molecule has 0 spiro atoms. The summed E-state index contributed by atoms with van der Waals surface area (Å²) in [5.41, 5.74) is 7.47. The molecule has 0 radical (unpaired) electrons. The van der Waals surface area contributed by atoms with E-state index in [-0.39, 0.29) is 11.9 Å². The molecule has 1 heterocycles. The molecular weight excluding hydrogens is 292 g/mol. The molecule has 0 saturated carbocycles. The maximum Gasteiger partial charge on any atom is 0.239 e. The Balaban J connectivity index is 1.99. The first-order valence-corrected chi connectivity index (χ1v) is 9.65. The second kappa shape index (κ2) is 8.59. The molecule has 0 aliphatic carbocycles. The number of nitrogens with zero attached hydrogens (tertiary/aromatic N) is 1. The molecular formula is C18H28N2OS. The van der Waals surface area contributed by atoms with Crippen LogP contribution >= 0.6 is 11.8 Å². The lowest BCUT2D eigenvalue weighted by molar-refractivity contribution is -0.134. The van der Waals surface area contributed by atoms with E-state index < -0.39 is 0 Å². The minimum atomic E-state index is -0.335. The SMILES string of the molecule is CC[C@@H]1CN(C(=O)[C@@H](N)CCSC)CC[C@H]1c1ccccc1. The average Bonchev–Trinajstić information content (AvgIpc) is 2.59. The van der Waals surface area contributed by atoms with Crippen LogP contribution in [0, 0.1) is 5.92 Å². The van der Waals surface area contributed by atoms with Crippen molar-refractivity contribution in [2.24, 2.45) is 11.7 Å². The van der Waals surface area contributed by atoms with Crippen LogP contribution in [0.15, 0.2) is 30.3 Å². The minimum Gasteiger partial charge on any atom is -0.341 e. The lowest BCUT2D eigenvalue weighted by Crippen LogP contribution is -2.49. The van der Waals surface area contributed by atoms with Crippen LogP contribution in [0.25, 0.3) is 0 Å². The van der Waals surface area contributed by atoms with E-state index in [1.54, 1.807) is 11.8 Å². The predicted molar refractivity (Wildman–Crippen MR) is 95.1 cm³/mol. The van der Waals surface area contributed by atoms with E-state index in [9.17, 15) is 4.79 Å². The molecule has 3 nitrogen and oxygen atoms in total. The summed E-state index contributed by atoms with van der Waals surface area (Å²) in [7, 11) is 0. The molecule has 4 heteroatoms. The van der Waals surface area contributed by atoms with Crippen molar-refractivity contribution >= 4 is 17.7 Å². The van der Waals surface area contributed by atoms with Crippen LogP contribution in [0.4, 0.5) is 0 Å². The van der Waals surface area contributed by atoms with E-state index in [0.717, 1.165) is 38.1 Å². The Morgan fingerprint density at radius 3 is 2.77 bits per heavy atom. The fourth-order valence-corrected chi connectivity index (χ4v) is 3.88. The number of hydrogen-bond donors (Lipinski definition) is 1. The minimum absolute atomic E-state index is 0.138. The van der Waals surface area contributed by atoms with Gasteiger partial charge in [0.2, 0.25) is 5.91 Å². The first-order chi connectivity index (χ1) is 10.7. The second-order valence-electron chi connectivity index (χ2n) is 6.15. The Morgan fingerprint density at radius 1 is 1.41 bits per heavy atom. The van der Waals surface area contributed by atoms with Gasteiger partial charge in [-0.3, -0.25) is 4.79 Å². The van der Waals surface area contributed by atoms with Gasteiger partial charge in [0.15, 0.2) is 0 Å². The van der Waals surface area contributed by atoms with Crippen molar-refractivity contribution in [3.8, 4) is 0 Å². The second-order valence-corrected chi connectivity index (χ2v) is 7.13. The van der Waals surface area contributed by atoms with Crippen molar-refractivity contribution in [3.63, 3.8) is 0 Å². The van der Waals surface area contributed by atoms with Crippen LogP contribution in [0.3, 0.4) is 0 Å².